The van der Waals surface area contributed by atoms with Gasteiger partial charge in [0.25, 0.3) is 5.56 Å². The van der Waals surface area contributed by atoms with Crippen molar-refractivity contribution in [3.8, 4) is 11.5 Å². The van der Waals surface area contributed by atoms with Gasteiger partial charge in [-0.25, -0.2) is 4.79 Å². The first-order valence-corrected chi connectivity index (χ1v) is 10.6. The van der Waals surface area contributed by atoms with Crippen molar-refractivity contribution in [1.29, 1.82) is 0 Å². The van der Waals surface area contributed by atoms with Crippen LogP contribution >= 0.6 is 0 Å². The predicted octanol–water partition coefficient (Wildman–Crippen LogP) is 2.50. The molecular formula is C22H29N5O4. The number of hydrogen-bond donors (Lipinski definition) is 0. The second-order valence-corrected chi connectivity index (χ2v) is 8.10. The highest BCUT2D eigenvalue weighted by Crippen LogP contribution is 2.39. The van der Waals surface area contributed by atoms with E-state index in [9.17, 15) is 9.59 Å². The van der Waals surface area contributed by atoms with Crippen molar-refractivity contribution in [1.82, 2.24) is 18.7 Å². The number of hydrogen-bond acceptors (Lipinski definition) is 6. The number of aromatic nitrogens is 4. The van der Waals surface area contributed by atoms with E-state index >= 15 is 0 Å². The molecule has 0 bridgehead atoms. The van der Waals surface area contributed by atoms with Gasteiger partial charge < -0.3 is 18.9 Å². The highest BCUT2D eigenvalue weighted by molar-refractivity contribution is 5.78. The van der Waals surface area contributed by atoms with Gasteiger partial charge >= 0.3 is 5.69 Å². The normalized spacial score (nSPS) is 15.9. The van der Waals surface area contributed by atoms with Crippen LogP contribution in [0.3, 0.4) is 0 Å². The van der Waals surface area contributed by atoms with Crippen molar-refractivity contribution >= 4 is 22.8 Å². The monoisotopic (exact) mass is 427 g/mol. The van der Waals surface area contributed by atoms with Gasteiger partial charge in [0.15, 0.2) is 11.2 Å². The summed E-state index contributed by atoms with van der Waals surface area (Å²) in [5.41, 5.74) is 1.10. The SMILES string of the molecule is CCCCn1c(=O)c2c(nc3n2C[C@H](C)CN3c2ccc(OC)cc2OC)n(C)c1=O. The third kappa shape index (κ3) is 3.37. The number of anilines is 2. The first-order chi connectivity index (χ1) is 14.9. The lowest BCUT2D eigenvalue weighted by Crippen LogP contribution is -2.40. The Kier molecular flexibility index (Phi) is 5.51. The lowest BCUT2D eigenvalue weighted by molar-refractivity contribution is 0.392. The Morgan fingerprint density at radius 2 is 1.94 bits per heavy atom. The van der Waals surface area contributed by atoms with Crippen LogP contribution in [0.1, 0.15) is 26.7 Å². The Bertz CT molecular complexity index is 1240. The molecule has 1 aliphatic heterocycles. The fraction of sp³-hybridized carbons (Fsp3) is 0.500. The Morgan fingerprint density at radius 3 is 2.61 bits per heavy atom. The molecule has 9 nitrogen and oxygen atoms in total. The smallest absolute Gasteiger partial charge is 0.332 e. The van der Waals surface area contributed by atoms with Crippen molar-refractivity contribution in [3.63, 3.8) is 0 Å². The minimum absolute atomic E-state index is 0.262. The zero-order valence-corrected chi connectivity index (χ0v) is 18.7. The first kappa shape index (κ1) is 21.0. The number of imidazole rings is 1. The van der Waals surface area contributed by atoms with E-state index in [1.165, 1.54) is 9.13 Å². The van der Waals surface area contributed by atoms with Gasteiger partial charge in [-0.05, 0) is 24.5 Å². The molecule has 1 aromatic carbocycles. The molecule has 3 heterocycles. The molecule has 0 radical (unpaired) electrons. The fourth-order valence-corrected chi connectivity index (χ4v) is 4.23. The zero-order chi connectivity index (χ0) is 22.3. The Morgan fingerprint density at radius 1 is 1.16 bits per heavy atom. The van der Waals surface area contributed by atoms with E-state index in [2.05, 4.69) is 6.92 Å². The highest BCUT2D eigenvalue weighted by atomic mass is 16.5. The summed E-state index contributed by atoms with van der Waals surface area (Å²) < 4.78 is 15.7. The zero-order valence-electron chi connectivity index (χ0n) is 18.7. The Balaban J connectivity index is 1.96. The number of fused-ring (bicyclic) bond motifs is 3. The summed E-state index contributed by atoms with van der Waals surface area (Å²) in [6.07, 6.45) is 1.67. The molecule has 0 saturated carbocycles. The highest BCUT2D eigenvalue weighted by Gasteiger charge is 2.31. The summed E-state index contributed by atoms with van der Waals surface area (Å²) in [6.45, 7) is 5.95. The Labute approximate surface area is 180 Å². The van der Waals surface area contributed by atoms with Crippen LogP contribution in [-0.2, 0) is 20.1 Å². The van der Waals surface area contributed by atoms with Crippen molar-refractivity contribution in [3.05, 3.63) is 39.0 Å². The van der Waals surface area contributed by atoms with Gasteiger partial charge in [0, 0.05) is 32.7 Å². The summed E-state index contributed by atoms with van der Waals surface area (Å²) in [4.78, 5) is 33.0. The predicted molar refractivity (Wildman–Crippen MR) is 120 cm³/mol. The van der Waals surface area contributed by atoms with Crippen molar-refractivity contribution in [2.24, 2.45) is 13.0 Å². The maximum atomic E-state index is 13.3. The molecule has 9 heteroatoms. The van der Waals surface area contributed by atoms with Gasteiger partial charge in [-0.2, -0.15) is 4.98 Å². The number of nitrogens with zero attached hydrogens (tertiary/aromatic N) is 5. The molecule has 4 rings (SSSR count). The van der Waals surface area contributed by atoms with E-state index in [1.54, 1.807) is 21.3 Å². The van der Waals surface area contributed by atoms with E-state index in [-0.39, 0.29) is 17.2 Å². The van der Waals surface area contributed by atoms with Crippen molar-refractivity contribution in [2.75, 3.05) is 25.7 Å². The van der Waals surface area contributed by atoms with E-state index in [4.69, 9.17) is 14.5 Å². The lowest BCUT2D eigenvalue weighted by atomic mass is 10.1. The van der Waals surface area contributed by atoms with Crippen LogP contribution in [-0.4, -0.2) is 39.4 Å². The van der Waals surface area contributed by atoms with Crippen molar-refractivity contribution < 1.29 is 9.47 Å². The summed E-state index contributed by atoms with van der Waals surface area (Å²) in [7, 11) is 4.90. The number of methoxy groups -OCH3 is 2. The topological polar surface area (TPSA) is 83.5 Å². The third-order valence-corrected chi connectivity index (χ3v) is 5.86. The van der Waals surface area contributed by atoms with Crippen LogP contribution < -0.4 is 25.6 Å². The number of rotatable bonds is 6. The molecule has 2 aromatic heterocycles. The maximum Gasteiger partial charge on any atom is 0.332 e. The second-order valence-electron chi connectivity index (χ2n) is 8.10. The standard InChI is InChI=1S/C22H29N5O4/c1-6-7-10-25-20(28)18-19(24(3)22(25)29)23-21-26(12-14(2)13-27(18)21)16-9-8-15(30-4)11-17(16)31-5/h8-9,11,14H,6-7,10,12-13H2,1-5H3/t14-/m1/s1. The van der Waals surface area contributed by atoms with Crippen LogP contribution in [0, 0.1) is 5.92 Å². The number of benzene rings is 1. The molecule has 0 aliphatic carbocycles. The number of unbranched alkanes of at least 4 members (excludes halogenated alkanes) is 1. The number of ether oxygens (including phenoxy) is 2. The van der Waals surface area contributed by atoms with Gasteiger partial charge in [0.05, 0.1) is 19.9 Å². The summed E-state index contributed by atoms with van der Waals surface area (Å²) in [6, 6.07) is 5.63. The average Bonchev–Trinajstić information content (AvgIpc) is 3.16. The minimum Gasteiger partial charge on any atom is -0.497 e. The summed E-state index contributed by atoms with van der Waals surface area (Å²) in [5.74, 6) is 2.25. The molecule has 1 aliphatic rings. The van der Waals surface area contributed by atoms with Crippen LogP contribution in [0.25, 0.3) is 11.2 Å². The fourth-order valence-electron chi connectivity index (χ4n) is 4.23. The molecular weight excluding hydrogens is 398 g/mol. The maximum absolute atomic E-state index is 13.3. The molecule has 0 fully saturated rings. The molecule has 0 spiro atoms. The first-order valence-electron chi connectivity index (χ1n) is 10.6. The van der Waals surface area contributed by atoms with Crippen LogP contribution in [0.5, 0.6) is 11.5 Å². The molecule has 0 amide bonds. The summed E-state index contributed by atoms with van der Waals surface area (Å²) in [5, 5.41) is 0. The van der Waals surface area contributed by atoms with E-state index < -0.39 is 0 Å². The van der Waals surface area contributed by atoms with Crippen LogP contribution in [0.15, 0.2) is 27.8 Å². The van der Waals surface area contributed by atoms with Gasteiger partial charge in [-0.15, -0.1) is 0 Å². The molecule has 166 valence electrons. The second kappa shape index (κ2) is 8.13. The van der Waals surface area contributed by atoms with Crippen LogP contribution in [0.4, 0.5) is 11.6 Å². The molecule has 1 atom stereocenters. The lowest BCUT2D eigenvalue weighted by Gasteiger charge is -2.33. The van der Waals surface area contributed by atoms with Gasteiger partial charge in [-0.3, -0.25) is 13.9 Å². The average molecular weight is 428 g/mol. The Hall–Kier alpha value is -3.23. The van der Waals surface area contributed by atoms with E-state index in [1.807, 2.05) is 34.6 Å². The van der Waals surface area contributed by atoms with E-state index in [0.29, 0.717) is 48.2 Å². The van der Waals surface area contributed by atoms with Crippen LogP contribution in [0.2, 0.25) is 0 Å². The number of aryl methyl sites for hydroxylation is 1. The molecule has 3 aromatic rings. The van der Waals surface area contributed by atoms with Gasteiger partial charge in [0.2, 0.25) is 5.95 Å². The molecule has 31 heavy (non-hydrogen) atoms. The molecule has 0 unspecified atom stereocenters. The largest absolute Gasteiger partial charge is 0.497 e. The third-order valence-electron chi connectivity index (χ3n) is 5.86. The van der Waals surface area contributed by atoms with Gasteiger partial charge in [-0.1, -0.05) is 20.3 Å². The molecule has 0 N–H and O–H groups in total. The van der Waals surface area contributed by atoms with Gasteiger partial charge in [0.1, 0.15) is 11.5 Å². The minimum atomic E-state index is -0.331. The molecule has 0 saturated heterocycles. The summed E-state index contributed by atoms with van der Waals surface area (Å²) >= 11 is 0. The van der Waals surface area contributed by atoms with E-state index in [0.717, 1.165) is 18.5 Å². The quantitative estimate of drug-likeness (QED) is 0.601. The van der Waals surface area contributed by atoms with Crippen molar-refractivity contribution in [2.45, 2.75) is 39.8 Å².